The number of hydrogen-bond donors (Lipinski definition) is 1. The van der Waals surface area contributed by atoms with E-state index in [4.69, 9.17) is 9.84 Å². The molecule has 108 valence electrons. The van der Waals surface area contributed by atoms with E-state index in [0.717, 1.165) is 0 Å². The molecule has 1 aromatic rings. The molecule has 5 nitrogen and oxygen atoms in total. The first-order valence-electron chi connectivity index (χ1n) is 6.35. The lowest BCUT2D eigenvalue weighted by molar-refractivity contribution is 0.0102. The average molecular weight is 295 g/mol. The van der Waals surface area contributed by atoms with Gasteiger partial charge >= 0.3 is 0 Å². The molecule has 1 heterocycles. The average Bonchev–Trinajstić information content (AvgIpc) is 2.45. The van der Waals surface area contributed by atoms with Crippen molar-refractivity contribution in [2.75, 3.05) is 26.3 Å². The second kappa shape index (κ2) is 6.37. The molecule has 6 heteroatoms. The van der Waals surface area contributed by atoms with Crippen LogP contribution in [0.15, 0.2) is 29.2 Å². The Balaban J connectivity index is 2.29. The maximum absolute atomic E-state index is 12.5. The van der Waals surface area contributed by atoms with Gasteiger partial charge in [0, 0.05) is 18.7 Å². The summed E-state index contributed by atoms with van der Waals surface area (Å²) < 4.78 is 31.9. The molecule has 2 rings (SSSR count). The Kier molecular flexibility index (Phi) is 4.78. The van der Waals surface area contributed by atoms with Gasteiger partial charge < -0.3 is 9.84 Å². The van der Waals surface area contributed by atoms with Crippen molar-refractivity contribution in [1.82, 2.24) is 4.31 Å². The summed E-state index contributed by atoms with van der Waals surface area (Å²) in [4.78, 5) is 0.219. The normalized spacial score (nSPS) is 20.2. The summed E-state index contributed by atoms with van der Waals surface area (Å²) in [6, 6.07) is 6.44. The van der Waals surface area contributed by atoms with Crippen LogP contribution in [-0.2, 0) is 14.8 Å². The Bertz CT molecular complexity index is 630. The second-order valence-electron chi connectivity index (χ2n) is 4.53. The molecule has 0 radical (unpaired) electrons. The number of benzene rings is 1. The van der Waals surface area contributed by atoms with Crippen LogP contribution < -0.4 is 0 Å². The van der Waals surface area contributed by atoms with E-state index in [9.17, 15) is 8.42 Å². The quantitative estimate of drug-likeness (QED) is 0.804. The zero-order valence-electron chi connectivity index (χ0n) is 11.2. The molecule has 1 aliphatic rings. The molecule has 0 spiro atoms. The molecule has 20 heavy (non-hydrogen) atoms. The molecule has 0 amide bonds. The molecule has 0 saturated carbocycles. The van der Waals surface area contributed by atoms with E-state index in [1.807, 2.05) is 6.92 Å². The molecule has 1 fully saturated rings. The van der Waals surface area contributed by atoms with Crippen molar-refractivity contribution in [3.05, 3.63) is 29.8 Å². The van der Waals surface area contributed by atoms with Crippen molar-refractivity contribution in [3.63, 3.8) is 0 Å². The van der Waals surface area contributed by atoms with E-state index in [0.29, 0.717) is 25.3 Å². The monoisotopic (exact) mass is 295 g/mol. The summed E-state index contributed by atoms with van der Waals surface area (Å²) in [6.07, 6.45) is -0.101. The van der Waals surface area contributed by atoms with Gasteiger partial charge in [-0.25, -0.2) is 8.42 Å². The molecule has 1 atom stereocenters. The van der Waals surface area contributed by atoms with Gasteiger partial charge in [0.15, 0.2) is 0 Å². The van der Waals surface area contributed by atoms with Crippen LogP contribution in [0, 0.1) is 11.8 Å². The van der Waals surface area contributed by atoms with Crippen molar-refractivity contribution in [3.8, 4) is 11.8 Å². The Morgan fingerprint density at radius 1 is 1.50 bits per heavy atom. The largest absolute Gasteiger partial charge is 0.384 e. The molecule has 1 unspecified atom stereocenters. The predicted molar refractivity (Wildman–Crippen MR) is 74.6 cm³/mol. The Morgan fingerprint density at radius 3 is 3.00 bits per heavy atom. The zero-order valence-corrected chi connectivity index (χ0v) is 12.1. The van der Waals surface area contributed by atoms with Crippen molar-refractivity contribution >= 4 is 10.0 Å². The van der Waals surface area contributed by atoms with Crippen LogP contribution in [0.25, 0.3) is 0 Å². The highest BCUT2D eigenvalue weighted by molar-refractivity contribution is 7.89. The van der Waals surface area contributed by atoms with Crippen molar-refractivity contribution in [1.29, 1.82) is 0 Å². The first-order chi connectivity index (χ1) is 9.54. The molecular weight excluding hydrogens is 278 g/mol. The SMILES string of the molecule is CC1CN(S(=O)(=O)c2cccc(C#CCO)c2)CCO1. The number of ether oxygens (including phenoxy) is 1. The number of aliphatic hydroxyl groups is 1. The van der Waals surface area contributed by atoms with E-state index in [-0.39, 0.29) is 17.6 Å². The van der Waals surface area contributed by atoms with E-state index in [2.05, 4.69) is 11.8 Å². The van der Waals surface area contributed by atoms with Crippen LogP contribution >= 0.6 is 0 Å². The molecule has 1 aromatic carbocycles. The van der Waals surface area contributed by atoms with Crippen LogP contribution in [0.4, 0.5) is 0 Å². The van der Waals surface area contributed by atoms with Gasteiger partial charge in [-0.15, -0.1) is 0 Å². The minimum Gasteiger partial charge on any atom is -0.384 e. The van der Waals surface area contributed by atoms with E-state index < -0.39 is 10.0 Å². The molecule has 0 bridgehead atoms. The van der Waals surface area contributed by atoms with Gasteiger partial charge in [0.05, 0.1) is 17.6 Å². The highest BCUT2D eigenvalue weighted by Crippen LogP contribution is 2.19. The molecule has 0 aliphatic carbocycles. The maximum atomic E-state index is 12.5. The third kappa shape index (κ3) is 3.38. The molecule has 1 N–H and O–H groups in total. The standard InChI is InChI=1S/C14H17NO4S/c1-12-11-15(7-9-19-12)20(17,18)14-6-2-4-13(10-14)5-3-8-16/h2,4,6,10,12,16H,7-9,11H2,1H3. The number of nitrogens with zero attached hydrogens (tertiary/aromatic N) is 1. The van der Waals surface area contributed by atoms with Crippen molar-refractivity contribution in [2.24, 2.45) is 0 Å². The fourth-order valence-electron chi connectivity index (χ4n) is 2.03. The van der Waals surface area contributed by atoms with E-state index in [1.165, 1.54) is 10.4 Å². The third-order valence-electron chi connectivity index (χ3n) is 2.99. The zero-order chi connectivity index (χ0) is 14.6. The summed E-state index contributed by atoms with van der Waals surface area (Å²) in [5, 5.41) is 8.68. The highest BCUT2D eigenvalue weighted by atomic mass is 32.2. The fourth-order valence-corrected chi connectivity index (χ4v) is 3.58. The van der Waals surface area contributed by atoms with E-state index in [1.54, 1.807) is 18.2 Å². The summed E-state index contributed by atoms with van der Waals surface area (Å²) in [5.74, 6) is 5.22. The first-order valence-corrected chi connectivity index (χ1v) is 7.79. The minimum absolute atomic E-state index is 0.101. The van der Waals surface area contributed by atoms with Crippen molar-refractivity contribution < 1.29 is 18.3 Å². The summed E-state index contributed by atoms with van der Waals surface area (Å²) in [7, 11) is -3.52. The number of morpholine rings is 1. The van der Waals surface area contributed by atoms with Gasteiger partial charge in [-0.05, 0) is 25.1 Å². The molecule has 0 aromatic heterocycles. The Labute approximate surface area is 119 Å². The predicted octanol–water partition coefficient (Wildman–Crippen LogP) is 0.440. The van der Waals surface area contributed by atoms with Crippen LogP contribution in [0.1, 0.15) is 12.5 Å². The smallest absolute Gasteiger partial charge is 0.243 e. The van der Waals surface area contributed by atoms with Crippen LogP contribution in [0.3, 0.4) is 0 Å². The molecular formula is C14H17NO4S. The fraction of sp³-hybridized carbons (Fsp3) is 0.429. The highest BCUT2D eigenvalue weighted by Gasteiger charge is 2.29. The number of rotatable bonds is 2. The number of aliphatic hydroxyl groups excluding tert-OH is 1. The Hall–Kier alpha value is -1.39. The van der Waals surface area contributed by atoms with Gasteiger partial charge in [-0.3, -0.25) is 0 Å². The Morgan fingerprint density at radius 2 is 2.30 bits per heavy atom. The third-order valence-corrected chi connectivity index (χ3v) is 4.85. The van der Waals surface area contributed by atoms with Gasteiger partial charge in [-0.2, -0.15) is 4.31 Å². The number of hydrogen-bond acceptors (Lipinski definition) is 4. The maximum Gasteiger partial charge on any atom is 0.243 e. The summed E-state index contributed by atoms with van der Waals surface area (Å²) in [6.45, 7) is 2.72. The topological polar surface area (TPSA) is 66.8 Å². The van der Waals surface area contributed by atoms with E-state index >= 15 is 0 Å². The van der Waals surface area contributed by atoms with Crippen LogP contribution in [0.2, 0.25) is 0 Å². The minimum atomic E-state index is -3.52. The van der Waals surface area contributed by atoms with Gasteiger partial charge in [0.1, 0.15) is 6.61 Å². The first kappa shape index (κ1) is 15.0. The summed E-state index contributed by atoms with van der Waals surface area (Å²) in [5.41, 5.74) is 0.571. The lowest BCUT2D eigenvalue weighted by Crippen LogP contribution is -2.44. The van der Waals surface area contributed by atoms with Gasteiger partial charge in [0.25, 0.3) is 0 Å². The summed E-state index contributed by atoms with van der Waals surface area (Å²) >= 11 is 0. The van der Waals surface area contributed by atoms with Crippen LogP contribution in [0.5, 0.6) is 0 Å². The van der Waals surface area contributed by atoms with Gasteiger partial charge in [0.2, 0.25) is 10.0 Å². The molecule has 1 saturated heterocycles. The second-order valence-corrected chi connectivity index (χ2v) is 6.47. The molecule has 1 aliphatic heterocycles. The number of sulfonamides is 1. The van der Waals surface area contributed by atoms with Crippen molar-refractivity contribution in [2.45, 2.75) is 17.9 Å². The van der Waals surface area contributed by atoms with Gasteiger partial charge in [-0.1, -0.05) is 17.9 Å². The lowest BCUT2D eigenvalue weighted by atomic mass is 10.2. The van der Waals surface area contributed by atoms with Crippen LogP contribution in [-0.4, -0.2) is 50.2 Å². The lowest BCUT2D eigenvalue weighted by Gasteiger charge is -2.30.